The van der Waals surface area contributed by atoms with Crippen LogP contribution in [0.1, 0.15) is 11.1 Å². The quantitative estimate of drug-likeness (QED) is 0.857. The van der Waals surface area contributed by atoms with Gasteiger partial charge in [-0.2, -0.15) is 0 Å². The molecule has 0 aliphatic rings. The van der Waals surface area contributed by atoms with E-state index in [0.717, 1.165) is 5.56 Å². The van der Waals surface area contributed by atoms with Crippen molar-refractivity contribution < 1.29 is 13.9 Å². The van der Waals surface area contributed by atoms with E-state index < -0.39 is 0 Å². The van der Waals surface area contributed by atoms with E-state index in [9.17, 15) is 9.18 Å². The van der Waals surface area contributed by atoms with Crippen molar-refractivity contribution in [2.45, 2.75) is 6.54 Å². The Labute approximate surface area is 123 Å². The average Bonchev–Trinajstić information content (AvgIpc) is 2.52. The molecule has 1 amide bonds. The van der Waals surface area contributed by atoms with E-state index in [4.69, 9.17) is 4.74 Å². The van der Waals surface area contributed by atoms with Gasteiger partial charge < -0.3 is 10.1 Å². The number of ether oxygens (including phenoxy) is 1. The van der Waals surface area contributed by atoms with Crippen LogP contribution in [-0.2, 0) is 11.3 Å². The summed E-state index contributed by atoms with van der Waals surface area (Å²) in [6.07, 6.45) is 3.06. The lowest BCUT2D eigenvalue weighted by molar-refractivity contribution is -0.116. The first-order valence-electron chi connectivity index (χ1n) is 6.53. The molecule has 0 unspecified atom stereocenters. The second-order valence-corrected chi connectivity index (χ2v) is 4.38. The van der Waals surface area contributed by atoms with Crippen LogP contribution < -0.4 is 10.1 Å². The van der Waals surface area contributed by atoms with E-state index in [1.807, 2.05) is 24.3 Å². The first-order chi connectivity index (χ1) is 10.2. The Morgan fingerprint density at radius 1 is 1.19 bits per heavy atom. The van der Waals surface area contributed by atoms with Gasteiger partial charge in [0, 0.05) is 23.7 Å². The van der Waals surface area contributed by atoms with Gasteiger partial charge >= 0.3 is 0 Å². The minimum atomic E-state index is -0.327. The summed E-state index contributed by atoms with van der Waals surface area (Å²) in [7, 11) is 1.57. The summed E-state index contributed by atoms with van der Waals surface area (Å²) in [5, 5.41) is 2.64. The molecular weight excluding hydrogens is 269 g/mol. The summed E-state index contributed by atoms with van der Waals surface area (Å²) in [6.45, 7) is 0.155. The lowest BCUT2D eigenvalue weighted by Crippen LogP contribution is -2.20. The van der Waals surface area contributed by atoms with E-state index >= 15 is 0 Å². The number of hydrogen-bond donors (Lipinski definition) is 1. The SMILES string of the molecule is COc1ccccc1/C=C\C(=O)NCc1ccccc1F. The largest absolute Gasteiger partial charge is 0.496 e. The number of benzene rings is 2. The number of amides is 1. The van der Waals surface area contributed by atoms with Crippen LogP contribution in [0.25, 0.3) is 6.08 Å². The van der Waals surface area contributed by atoms with Crippen LogP contribution in [0.3, 0.4) is 0 Å². The van der Waals surface area contributed by atoms with Crippen molar-refractivity contribution in [2.24, 2.45) is 0 Å². The average molecular weight is 285 g/mol. The third-order valence-corrected chi connectivity index (χ3v) is 2.96. The molecule has 0 aromatic heterocycles. The number of carbonyl (C=O) groups excluding carboxylic acids is 1. The molecule has 0 fully saturated rings. The van der Waals surface area contributed by atoms with Gasteiger partial charge in [0.25, 0.3) is 0 Å². The molecule has 4 heteroatoms. The third-order valence-electron chi connectivity index (χ3n) is 2.96. The number of hydrogen-bond acceptors (Lipinski definition) is 2. The fourth-order valence-electron chi connectivity index (χ4n) is 1.85. The zero-order valence-corrected chi connectivity index (χ0v) is 11.7. The predicted molar refractivity (Wildman–Crippen MR) is 80.3 cm³/mol. The van der Waals surface area contributed by atoms with Crippen LogP contribution in [0, 0.1) is 5.82 Å². The smallest absolute Gasteiger partial charge is 0.244 e. The summed E-state index contributed by atoms with van der Waals surface area (Å²) >= 11 is 0. The van der Waals surface area contributed by atoms with Crippen molar-refractivity contribution in [3.63, 3.8) is 0 Å². The van der Waals surface area contributed by atoms with Crippen LogP contribution in [0.2, 0.25) is 0 Å². The zero-order chi connectivity index (χ0) is 15.1. The van der Waals surface area contributed by atoms with E-state index in [2.05, 4.69) is 5.32 Å². The van der Waals surface area contributed by atoms with Gasteiger partial charge in [-0.15, -0.1) is 0 Å². The number of carbonyl (C=O) groups is 1. The molecule has 3 nitrogen and oxygen atoms in total. The van der Waals surface area contributed by atoms with Gasteiger partial charge in [0.05, 0.1) is 7.11 Å². The highest BCUT2D eigenvalue weighted by molar-refractivity contribution is 5.92. The van der Waals surface area contributed by atoms with Crippen molar-refractivity contribution in [3.05, 3.63) is 71.6 Å². The molecule has 1 N–H and O–H groups in total. The zero-order valence-electron chi connectivity index (χ0n) is 11.7. The fourth-order valence-corrected chi connectivity index (χ4v) is 1.85. The standard InChI is InChI=1S/C17H16FNO2/c1-21-16-9-5-3-6-13(16)10-11-17(20)19-12-14-7-2-4-8-15(14)18/h2-11H,12H2,1H3,(H,19,20)/b11-10-. The predicted octanol–water partition coefficient (Wildman–Crippen LogP) is 3.16. The van der Waals surface area contributed by atoms with Crippen LogP contribution in [0.4, 0.5) is 4.39 Å². The normalized spacial score (nSPS) is 10.6. The molecule has 108 valence electrons. The number of para-hydroxylation sites is 1. The lowest BCUT2D eigenvalue weighted by Gasteiger charge is -2.05. The van der Waals surface area contributed by atoms with Crippen LogP contribution in [0.15, 0.2) is 54.6 Å². The molecule has 0 saturated carbocycles. The molecule has 0 aliphatic heterocycles. The molecule has 2 rings (SSSR count). The molecule has 0 atom stereocenters. The van der Waals surface area contributed by atoms with Gasteiger partial charge in [0.15, 0.2) is 0 Å². The second kappa shape index (κ2) is 7.24. The summed E-state index contributed by atoms with van der Waals surface area (Å²) in [5.41, 5.74) is 1.26. The number of methoxy groups -OCH3 is 1. The summed E-state index contributed by atoms with van der Waals surface area (Å²) in [5.74, 6) is 0.0753. The van der Waals surface area contributed by atoms with Gasteiger partial charge in [-0.05, 0) is 18.2 Å². The monoisotopic (exact) mass is 285 g/mol. The minimum absolute atomic E-state index is 0.155. The Morgan fingerprint density at radius 3 is 2.67 bits per heavy atom. The molecule has 21 heavy (non-hydrogen) atoms. The molecule has 0 heterocycles. The van der Waals surface area contributed by atoms with Crippen molar-refractivity contribution in [1.29, 1.82) is 0 Å². The van der Waals surface area contributed by atoms with Crippen molar-refractivity contribution in [3.8, 4) is 5.75 Å². The highest BCUT2D eigenvalue weighted by Gasteiger charge is 2.02. The number of halogens is 1. The fraction of sp³-hybridized carbons (Fsp3) is 0.118. The molecule has 0 bridgehead atoms. The Bertz CT molecular complexity index is 653. The van der Waals surface area contributed by atoms with E-state index in [1.54, 1.807) is 31.4 Å². The molecular formula is C17H16FNO2. The second-order valence-electron chi connectivity index (χ2n) is 4.38. The molecule has 2 aromatic rings. The maximum atomic E-state index is 13.4. The molecule has 0 aliphatic carbocycles. The third kappa shape index (κ3) is 4.18. The molecule has 0 saturated heterocycles. The van der Waals surface area contributed by atoms with E-state index in [1.165, 1.54) is 12.1 Å². The van der Waals surface area contributed by atoms with Gasteiger partial charge in [-0.1, -0.05) is 36.4 Å². The van der Waals surface area contributed by atoms with Crippen LogP contribution in [-0.4, -0.2) is 13.0 Å². The van der Waals surface area contributed by atoms with Crippen molar-refractivity contribution in [1.82, 2.24) is 5.32 Å². The van der Waals surface area contributed by atoms with Crippen LogP contribution in [0.5, 0.6) is 5.75 Å². The maximum Gasteiger partial charge on any atom is 0.244 e. The molecule has 2 aromatic carbocycles. The minimum Gasteiger partial charge on any atom is -0.496 e. The summed E-state index contributed by atoms with van der Waals surface area (Å²) in [4.78, 5) is 11.7. The van der Waals surface area contributed by atoms with Crippen molar-refractivity contribution >= 4 is 12.0 Å². The maximum absolute atomic E-state index is 13.4. The van der Waals surface area contributed by atoms with Gasteiger partial charge in [0.1, 0.15) is 11.6 Å². The Hall–Kier alpha value is -2.62. The summed E-state index contributed by atoms with van der Waals surface area (Å²) < 4.78 is 18.6. The number of rotatable bonds is 5. The highest BCUT2D eigenvalue weighted by Crippen LogP contribution is 2.18. The van der Waals surface area contributed by atoms with E-state index in [0.29, 0.717) is 11.3 Å². The number of nitrogens with one attached hydrogen (secondary N) is 1. The van der Waals surface area contributed by atoms with Crippen LogP contribution >= 0.6 is 0 Å². The Balaban J connectivity index is 1.96. The lowest BCUT2D eigenvalue weighted by atomic mass is 10.2. The Morgan fingerprint density at radius 2 is 1.90 bits per heavy atom. The Kier molecular flexibility index (Phi) is 5.10. The summed E-state index contributed by atoms with van der Waals surface area (Å²) in [6, 6.07) is 13.7. The molecule has 0 radical (unpaired) electrons. The first kappa shape index (κ1) is 14.8. The van der Waals surface area contributed by atoms with Gasteiger partial charge in [-0.3, -0.25) is 4.79 Å². The topological polar surface area (TPSA) is 38.3 Å². The molecule has 0 spiro atoms. The highest BCUT2D eigenvalue weighted by atomic mass is 19.1. The van der Waals surface area contributed by atoms with Gasteiger partial charge in [-0.25, -0.2) is 4.39 Å². The first-order valence-corrected chi connectivity index (χ1v) is 6.53. The van der Waals surface area contributed by atoms with Gasteiger partial charge in [0.2, 0.25) is 5.91 Å². The van der Waals surface area contributed by atoms with E-state index in [-0.39, 0.29) is 18.3 Å². The van der Waals surface area contributed by atoms with Crippen molar-refractivity contribution in [2.75, 3.05) is 7.11 Å².